The average Bonchev–Trinajstić information content (AvgIpc) is 2.51. The molecule has 1 aromatic rings. The Morgan fingerprint density at radius 3 is 2.74 bits per heavy atom. The van der Waals surface area contributed by atoms with Crippen LogP contribution in [0.15, 0.2) is 41.0 Å². The van der Waals surface area contributed by atoms with E-state index in [1.165, 1.54) is 12.1 Å². The summed E-state index contributed by atoms with van der Waals surface area (Å²) in [5.41, 5.74) is 5.91. The van der Waals surface area contributed by atoms with Crippen molar-refractivity contribution in [3.8, 4) is 0 Å². The first-order valence-corrected chi connectivity index (χ1v) is 7.58. The molecule has 0 spiro atoms. The predicted molar refractivity (Wildman–Crippen MR) is 88.8 cm³/mol. The van der Waals surface area contributed by atoms with Crippen molar-refractivity contribution in [3.63, 3.8) is 0 Å². The zero-order valence-corrected chi connectivity index (χ0v) is 14.1. The normalized spacial score (nSPS) is 12.4. The molecular formula is C15H20FN3O3S. The van der Waals surface area contributed by atoms with E-state index < -0.39 is 5.97 Å². The van der Waals surface area contributed by atoms with Crippen molar-refractivity contribution in [2.24, 2.45) is 10.7 Å². The minimum Gasteiger partial charge on any atom is -0.461 e. The van der Waals surface area contributed by atoms with E-state index in [1.807, 2.05) is 0 Å². The maximum Gasteiger partial charge on any atom is 0.354 e. The van der Waals surface area contributed by atoms with Gasteiger partial charge >= 0.3 is 5.97 Å². The van der Waals surface area contributed by atoms with E-state index in [2.05, 4.69) is 4.99 Å². The number of aliphatic imine (C=N–C) groups is 1. The molecule has 0 aliphatic rings. The van der Waals surface area contributed by atoms with Gasteiger partial charge in [-0.25, -0.2) is 18.5 Å². The topological polar surface area (TPSA) is 77.2 Å². The molecule has 126 valence electrons. The highest BCUT2D eigenvalue weighted by molar-refractivity contribution is 7.92. The molecule has 2 N–H and O–H groups in total. The van der Waals surface area contributed by atoms with E-state index in [0.29, 0.717) is 5.56 Å². The van der Waals surface area contributed by atoms with E-state index in [4.69, 9.17) is 14.7 Å². The lowest BCUT2D eigenvalue weighted by molar-refractivity contribution is -0.138. The number of hydrogen-bond donors (Lipinski definition) is 1. The lowest BCUT2D eigenvalue weighted by Gasteiger charge is -2.09. The maximum atomic E-state index is 13.6. The minimum atomic E-state index is -0.662. The quantitative estimate of drug-likeness (QED) is 0.205. The van der Waals surface area contributed by atoms with Crippen molar-refractivity contribution in [1.29, 1.82) is 0 Å². The zero-order chi connectivity index (χ0) is 17.2. The molecule has 0 amide bonds. The molecule has 0 heterocycles. The fraction of sp³-hybridized carbons (Fsp3) is 0.333. The van der Waals surface area contributed by atoms with Crippen molar-refractivity contribution >= 4 is 24.1 Å². The Morgan fingerprint density at radius 1 is 1.43 bits per heavy atom. The number of benzene rings is 1. The molecule has 1 aromatic carbocycles. The van der Waals surface area contributed by atoms with Gasteiger partial charge in [0, 0.05) is 25.7 Å². The van der Waals surface area contributed by atoms with Gasteiger partial charge < -0.3 is 14.7 Å². The third kappa shape index (κ3) is 7.16. The Bertz CT molecular complexity index is 591. The van der Waals surface area contributed by atoms with Crippen molar-refractivity contribution < 1.29 is 18.1 Å². The molecule has 0 aliphatic carbocycles. The summed E-state index contributed by atoms with van der Waals surface area (Å²) >= 11 is 1.00. The number of hydrogen-bond acceptors (Lipinski definition) is 7. The standard InChI is InChI=1S/C15H20FN3O3S/c1-4-21-15(20)13(17)9-14(22-23-19(2)3)18-10-11-7-5-6-8-12(11)16/h5-9H,4,10,17H2,1-3H3. The molecule has 0 atom stereocenters. The summed E-state index contributed by atoms with van der Waals surface area (Å²) < 4.78 is 25.5. The first-order valence-electron chi connectivity index (χ1n) is 6.88. The molecular weight excluding hydrogens is 321 g/mol. The number of carbonyl (C=O) groups is 1. The third-order valence-corrected chi connectivity index (χ3v) is 2.97. The summed E-state index contributed by atoms with van der Waals surface area (Å²) in [4.78, 5) is 15.7. The van der Waals surface area contributed by atoms with Crippen LogP contribution < -0.4 is 5.73 Å². The highest BCUT2D eigenvalue weighted by atomic mass is 32.2. The molecule has 1 rings (SSSR count). The third-order valence-electron chi connectivity index (χ3n) is 2.42. The molecule has 0 unspecified atom stereocenters. The van der Waals surface area contributed by atoms with Crippen LogP contribution in [0, 0.1) is 5.82 Å². The summed E-state index contributed by atoms with van der Waals surface area (Å²) in [5.74, 6) is -0.930. The van der Waals surface area contributed by atoms with Crippen LogP contribution in [0.5, 0.6) is 0 Å². The lowest BCUT2D eigenvalue weighted by Crippen LogP contribution is -2.17. The van der Waals surface area contributed by atoms with Gasteiger partial charge in [-0.3, -0.25) is 0 Å². The molecule has 0 fully saturated rings. The molecule has 23 heavy (non-hydrogen) atoms. The van der Waals surface area contributed by atoms with Crippen molar-refractivity contribution in [3.05, 3.63) is 47.4 Å². The number of halogens is 1. The van der Waals surface area contributed by atoms with Gasteiger partial charge in [0.1, 0.15) is 23.7 Å². The number of esters is 1. The van der Waals surface area contributed by atoms with E-state index in [-0.39, 0.29) is 30.6 Å². The van der Waals surface area contributed by atoms with Crippen LogP contribution in [-0.4, -0.2) is 36.9 Å². The van der Waals surface area contributed by atoms with Gasteiger partial charge in [0.25, 0.3) is 0 Å². The number of ether oxygens (including phenoxy) is 1. The molecule has 0 aliphatic heterocycles. The van der Waals surface area contributed by atoms with Crippen molar-refractivity contribution in [1.82, 2.24) is 4.31 Å². The molecule has 0 saturated heterocycles. The van der Waals surface area contributed by atoms with Crippen LogP contribution in [0.2, 0.25) is 0 Å². The van der Waals surface area contributed by atoms with Crippen LogP contribution in [0.25, 0.3) is 0 Å². The SMILES string of the molecule is CCOC(=O)C(N)=CC(=NCc1ccccc1F)OSN(C)C. The first kappa shape index (κ1) is 19.0. The van der Waals surface area contributed by atoms with Crippen LogP contribution in [-0.2, 0) is 20.3 Å². The van der Waals surface area contributed by atoms with Crippen molar-refractivity contribution in [2.75, 3.05) is 20.7 Å². The van der Waals surface area contributed by atoms with Gasteiger partial charge in [-0.05, 0) is 13.0 Å². The fourth-order valence-corrected chi connectivity index (χ4v) is 1.73. The van der Waals surface area contributed by atoms with Gasteiger partial charge in [-0.1, -0.05) is 18.2 Å². The molecule has 0 saturated carbocycles. The largest absolute Gasteiger partial charge is 0.461 e. The Labute approximate surface area is 139 Å². The Hall–Kier alpha value is -2.06. The molecule has 8 heteroatoms. The van der Waals surface area contributed by atoms with Gasteiger partial charge in [-0.15, -0.1) is 0 Å². The summed E-state index contributed by atoms with van der Waals surface area (Å²) in [7, 11) is 3.55. The fourth-order valence-electron chi connectivity index (χ4n) is 1.40. The van der Waals surface area contributed by atoms with E-state index >= 15 is 0 Å². The second-order valence-electron chi connectivity index (χ2n) is 4.54. The average molecular weight is 341 g/mol. The van der Waals surface area contributed by atoms with Gasteiger partial charge in [0.2, 0.25) is 5.90 Å². The van der Waals surface area contributed by atoms with E-state index in [9.17, 15) is 9.18 Å². The Morgan fingerprint density at radius 2 is 2.13 bits per heavy atom. The second kappa shape index (κ2) is 9.86. The van der Waals surface area contributed by atoms with Gasteiger partial charge in [0.15, 0.2) is 0 Å². The van der Waals surface area contributed by atoms with Crippen LogP contribution >= 0.6 is 12.2 Å². The first-order chi connectivity index (χ1) is 10.9. The Kier molecular flexibility index (Phi) is 8.14. The lowest BCUT2D eigenvalue weighted by atomic mass is 10.2. The van der Waals surface area contributed by atoms with E-state index in [0.717, 1.165) is 12.2 Å². The number of rotatable bonds is 7. The second-order valence-corrected chi connectivity index (χ2v) is 5.58. The summed E-state index contributed by atoms with van der Waals surface area (Å²) in [6.45, 7) is 1.95. The van der Waals surface area contributed by atoms with Crippen LogP contribution in [0.4, 0.5) is 4.39 Å². The summed E-state index contributed by atoms with van der Waals surface area (Å²) in [6.07, 6.45) is 1.26. The number of nitrogens with two attached hydrogens (primary N) is 1. The summed E-state index contributed by atoms with van der Waals surface area (Å²) in [6, 6.07) is 6.28. The Balaban J connectivity index is 2.91. The van der Waals surface area contributed by atoms with Crippen molar-refractivity contribution in [2.45, 2.75) is 13.5 Å². The molecule has 0 aromatic heterocycles. The maximum absolute atomic E-state index is 13.6. The van der Waals surface area contributed by atoms with Crippen LogP contribution in [0.1, 0.15) is 12.5 Å². The molecule has 6 nitrogen and oxygen atoms in total. The summed E-state index contributed by atoms with van der Waals surface area (Å²) in [5, 5.41) is 0. The zero-order valence-electron chi connectivity index (χ0n) is 13.3. The highest BCUT2D eigenvalue weighted by Crippen LogP contribution is 2.11. The predicted octanol–water partition coefficient (Wildman–Crippen LogP) is 2.27. The molecule has 0 bridgehead atoms. The van der Waals surface area contributed by atoms with E-state index in [1.54, 1.807) is 43.5 Å². The monoisotopic (exact) mass is 341 g/mol. The molecule has 0 radical (unpaired) electrons. The smallest absolute Gasteiger partial charge is 0.354 e. The van der Waals surface area contributed by atoms with Gasteiger partial charge in [-0.2, -0.15) is 0 Å². The minimum absolute atomic E-state index is 0.0581. The number of carbonyl (C=O) groups excluding carboxylic acids is 1. The van der Waals surface area contributed by atoms with Crippen LogP contribution in [0.3, 0.4) is 0 Å². The number of nitrogens with zero attached hydrogens (tertiary/aromatic N) is 2. The van der Waals surface area contributed by atoms with Gasteiger partial charge in [0.05, 0.1) is 13.2 Å². The highest BCUT2D eigenvalue weighted by Gasteiger charge is 2.10.